The Labute approximate surface area is 109 Å². The maximum atomic E-state index is 5.08. The number of nitrogens with one attached hydrogen (secondary N) is 1. The van der Waals surface area contributed by atoms with Crippen molar-refractivity contribution >= 4 is 21.9 Å². The van der Waals surface area contributed by atoms with Gasteiger partial charge < -0.3 is 9.84 Å². The summed E-state index contributed by atoms with van der Waals surface area (Å²) in [5, 5.41) is 6.99. The van der Waals surface area contributed by atoms with Crippen LogP contribution in [0.5, 0.6) is 0 Å². The van der Waals surface area contributed by atoms with Gasteiger partial charge in [0.05, 0.1) is 0 Å². The highest BCUT2D eigenvalue weighted by atomic mass is 79.9. The summed E-state index contributed by atoms with van der Waals surface area (Å²) in [5.41, 5.74) is 1.16. The van der Waals surface area contributed by atoms with Crippen molar-refractivity contribution in [1.82, 2.24) is 10.1 Å². The Morgan fingerprint density at radius 3 is 2.76 bits per heavy atom. The lowest BCUT2D eigenvalue weighted by Gasteiger charge is -1.96. The molecule has 1 aromatic heterocycles. The third kappa shape index (κ3) is 3.56. The van der Waals surface area contributed by atoms with Crippen molar-refractivity contribution < 1.29 is 4.52 Å². The van der Waals surface area contributed by atoms with Gasteiger partial charge in [-0.15, -0.1) is 0 Å². The Hall–Kier alpha value is -1.36. The molecule has 5 heteroatoms. The van der Waals surface area contributed by atoms with Crippen LogP contribution in [0.2, 0.25) is 0 Å². The van der Waals surface area contributed by atoms with E-state index in [2.05, 4.69) is 38.3 Å². The van der Waals surface area contributed by atoms with E-state index in [1.54, 1.807) is 0 Å². The number of nitrogens with zero attached hydrogens (tertiary/aromatic N) is 2. The van der Waals surface area contributed by atoms with Gasteiger partial charge in [0.2, 0.25) is 0 Å². The van der Waals surface area contributed by atoms with Crippen LogP contribution in [0.1, 0.15) is 24.7 Å². The second-order valence-electron chi connectivity index (χ2n) is 3.75. The van der Waals surface area contributed by atoms with Gasteiger partial charge in [0, 0.05) is 17.4 Å². The minimum atomic E-state index is 0.499. The zero-order valence-electron chi connectivity index (χ0n) is 9.61. The average molecular weight is 296 g/mol. The molecule has 2 rings (SSSR count). The third-order valence-corrected chi connectivity index (χ3v) is 2.80. The topological polar surface area (TPSA) is 51.0 Å². The lowest BCUT2D eigenvalue weighted by molar-refractivity contribution is 0.423. The molecule has 1 N–H and O–H groups in total. The number of benzene rings is 1. The average Bonchev–Trinajstić information content (AvgIpc) is 2.77. The largest absolute Gasteiger partial charge is 0.338 e. The van der Waals surface area contributed by atoms with Gasteiger partial charge in [0.15, 0.2) is 5.82 Å². The molecule has 0 aliphatic carbocycles. The Morgan fingerprint density at radius 1 is 1.29 bits per heavy atom. The highest BCUT2D eigenvalue weighted by Gasteiger charge is 2.05. The first-order chi connectivity index (χ1) is 8.28. The molecular weight excluding hydrogens is 282 g/mol. The fraction of sp³-hybridized carbons (Fsp3) is 0.333. The number of hydrogen-bond acceptors (Lipinski definition) is 4. The Morgan fingerprint density at radius 2 is 2.06 bits per heavy atom. The van der Waals surface area contributed by atoms with Crippen LogP contribution in [0, 0.1) is 0 Å². The lowest BCUT2D eigenvalue weighted by atomic mass is 10.1. The van der Waals surface area contributed by atoms with E-state index < -0.39 is 0 Å². The zero-order chi connectivity index (χ0) is 12.1. The van der Waals surface area contributed by atoms with Gasteiger partial charge >= 0.3 is 6.01 Å². The van der Waals surface area contributed by atoms with Crippen LogP contribution >= 0.6 is 15.9 Å². The molecule has 0 amide bonds. The standard InChI is InChI=1S/C12H14BrN3O/c1-2-7-14-12-15-11(16-17-12)8-9-3-5-10(13)6-4-9/h3-6H,2,7-8H2,1H3,(H,14,15,16). The summed E-state index contributed by atoms with van der Waals surface area (Å²) in [7, 11) is 0. The summed E-state index contributed by atoms with van der Waals surface area (Å²) in [5.74, 6) is 0.700. The van der Waals surface area contributed by atoms with Crippen LogP contribution in [0.25, 0.3) is 0 Å². The molecular formula is C12H14BrN3O. The van der Waals surface area contributed by atoms with Gasteiger partial charge in [-0.2, -0.15) is 4.98 Å². The highest BCUT2D eigenvalue weighted by molar-refractivity contribution is 9.10. The summed E-state index contributed by atoms with van der Waals surface area (Å²) in [6.45, 7) is 2.94. The molecule has 0 aliphatic heterocycles. The predicted molar refractivity (Wildman–Crippen MR) is 70.0 cm³/mol. The van der Waals surface area contributed by atoms with Crippen molar-refractivity contribution in [2.24, 2.45) is 0 Å². The van der Waals surface area contributed by atoms with E-state index in [-0.39, 0.29) is 0 Å². The van der Waals surface area contributed by atoms with Gasteiger partial charge in [-0.05, 0) is 24.1 Å². The minimum absolute atomic E-state index is 0.499. The summed E-state index contributed by atoms with van der Waals surface area (Å²) < 4.78 is 6.15. The van der Waals surface area contributed by atoms with E-state index in [1.807, 2.05) is 24.3 Å². The second kappa shape index (κ2) is 5.82. The maximum absolute atomic E-state index is 5.08. The molecule has 2 aromatic rings. The zero-order valence-corrected chi connectivity index (χ0v) is 11.2. The molecule has 1 aromatic carbocycles. The van der Waals surface area contributed by atoms with Crippen LogP contribution in [0.15, 0.2) is 33.3 Å². The van der Waals surface area contributed by atoms with E-state index in [0.717, 1.165) is 23.0 Å². The molecule has 0 saturated carbocycles. The van der Waals surface area contributed by atoms with Crippen LogP contribution < -0.4 is 5.32 Å². The van der Waals surface area contributed by atoms with Crippen LogP contribution in [0.3, 0.4) is 0 Å². The number of hydrogen-bond donors (Lipinski definition) is 1. The number of halogens is 1. The fourth-order valence-corrected chi connectivity index (χ4v) is 1.68. The van der Waals surface area contributed by atoms with Gasteiger partial charge in [-0.1, -0.05) is 40.1 Å². The Bertz CT molecular complexity index is 467. The van der Waals surface area contributed by atoms with E-state index >= 15 is 0 Å². The molecule has 17 heavy (non-hydrogen) atoms. The molecule has 1 heterocycles. The molecule has 0 unspecified atom stereocenters. The summed E-state index contributed by atoms with van der Waals surface area (Å²) in [4.78, 5) is 4.26. The van der Waals surface area contributed by atoms with Gasteiger partial charge in [0.25, 0.3) is 0 Å². The van der Waals surface area contributed by atoms with E-state index in [0.29, 0.717) is 18.3 Å². The SMILES string of the molecule is CCCNc1nc(Cc2ccc(Br)cc2)no1. The quantitative estimate of drug-likeness (QED) is 0.920. The predicted octanol–water partition coefficient (Wildman–Crippen LogP) is 3.24. The van der Waals surface area contributed by atoms with Gasteiger partial charge in [0.1, 0.15) is 0 Å². The molecule has 0 bridgehead atoms. The fourth-order valence-electron chi connectivity index (χ4n) is 1.41. The first-order valence-corrected chi connectivity index (χ1v) is 6.38. The molecule has 0 aliphatic rings. The minimum Gasteiger partial charge on any atom is -0.338 e. The Kier molecular flexibility index (Phi) is 4.14. The molecule has 4 nitrogen and oxygen atoms in total. The molecule has 0 spiro atoms. The van der Waals surface area contributed by atoms with Crippen molar-refractivity contribution in [2.75, 3.05) is 11.9 Å². The first-order valence-electron chi connectivity index (χ1n) is 5.59. The molecule has 0 radical (unpaired) electrons. The van der Waals surface area contributed by atoms with Crippen molar-refractivity contribution in [1.29, 1.82) is 0 Å². The number of anilines is 1. The van der Waals surface area contributed by atoms with Crippen LogP contribution in [-0.2, 0) is 6.42 Å². The van der Waals surface area contributed by atoms with E-state index in [9.17, 15) is 0 Å². The van der Waals surface area contributed by atoms with Gasteiger partial charge in [-0.3, -0.25) is 0 Å². The van der Waals surface area contributed by atoms with Gasteiger partial charge in [-0.25, -0.2) is 0 Å². The molecule has 0 saturated heterocycles. The normalized spacial score (nSPS) is 10.5. The van der Waals surface area contributed by atoms with Crippen molar-refractivity contribution in [2.45, 2.75) is 19.8 Å². The summed E-state index contributed by atoms with van der Waals surface area (Å²) in [6.07, 6.45) is 1.72. The third-order valence-electron chi connectivity index (χ3n) is 2.27. The maximum Gasteiger partial charge on any atom is 0.321 e. The smallest absolute Gasteiger partial charge is 0.321 e. The summed E-state index contributed by atoms with van der Waals surface area (Å²) >= 11 is 3.40. The van der Waals surface area contributed by atoms with Crippen molar-refractivity contribution in [3.05, 3.63) is 40.1 Å². The molecule has 90 valence electrons. The monoisotopic (exact) mass is 295 g/mol. The first kappa shape index (κ1) is 12.1. The van der Waals surface area contributed by atoms with Crippen molar-refractivity contribution in [3.63, 3.8) is 0 Å². The second-order valence-corrected chi connectivity index (χ2v) is 4.66. The van der Waals surface area contributed by atoms with Crippen LogP contribution in [0.4, 0.5) is 6.01 Å². The lowest BCUT2D eigenvalue weighted by Crippen LogP contribution is -1.99. The van der Waals surface area contributed by atoms with E-state index in [1.165, 1.54) is 0 Å². The molecule has 0 fully saturated rings. The van der Waals surface area contributed by atoms with Crippen molar-refractivity contribution in [3.8, 4) is 0 Å². The molecule has 0 atom stereocenters. The number of aromatic nitrogens is 2. The summed E-state index contributed by atoms with van der Waals surface area (Å²) in [6, 6.07) is 8.59. The van der Waals surface area contributed by atoms with E-state index in [4.69, 9.17) is 4.52 Å². The Balaban J connectivity index is 1.98. The number of rotatable bonds is 5. The van der Waals surface area contributed by atoms with Crippen LogP contribution in [-0.4, -0.2) is 16.7 Å². The highest BCUT2D eigenvalue weighted by Crippen LogP contribution is 2.13.